The molecule has 1 aliphatic carbocycles. The normalized spacial score (nSPS) is 27.6. The van der Waals surface area contributed by atoms with Gasteiger partial charge in [0.25, 0.3) is 0 Å². The van der Waals surface area contributed by atoms with Gasteiger partial charge in [0.15, 0.2) is 0 Å². The molecule has 17 heavy (non-hydrogen) atoms. The molecule has 1 heterocycles. The van der Waals surface area contributed by atoms with Crippen LogP contribution in [0.5, 0.6) is 0 Å². The highest BCUT2D eigenvalue weighted by Crippen LogP contribution is 2.38. The van der Waals surface area contributed by atoms with E-state index in [0.29, 0.717) is 12.3 Å². The lowest BCUT2D eigenvalue weighted by atomic mass is 9.77. The molecule has 1 aliphatic heterocycles. The third-order valence-electron chi connectivity index (χ3n) is 4.30. The fraction of sp³-hybridized carbons (Fsp3) is 0.923. The standard InChI is InChI=1S/C13H22ClNO2/c1-17-13(6-4-7-13)9-12(16)15-8-3-2-5-11(15)10-14/h11H,2-10H2,1H3. The molecule has 1 saturated heterocycles. The summed E-state index contributed by atoms with van der Waals surface area (Å²) < 4.78 is 5.52. The summed E-state index contributed by atoms with van der Waals surface area (Å²) in [7, 11) is 1.72. The molecule has 0 bridgehead atoms. The van der Waals surface area contributed by atoms with Gasteiger partial charge in [-0.15, -0.1) is 11.6 Å². The molecule has 1 saturated carbocycles. The zero-order chi connectivity index (χ0) is 12.3. The van der Waals surface area contributed by atoms with Crippen LogP contribution >= 0.6 is 11.6 Å². The van der Waals surface area contributed by atoms with Crippen LogP contribution in [0.15, 0.2) is 0 Å². The Balaban J connectivity index is 1.93. The van der Waals surface area contributed by atoms with E-state index in [4.69, 9.17) is 16.3 Å². The van der Waals surface area contributed by atoms with E-state index in [1.807, 2.05) is 4.90 Å². The number of rotatable bonds is 4. The highest BCUT2D eigenvalue weighted by molar-refractivity contribution is 6.18. The smallest absolute Gasteiger partial charge is 0.225 e. The van der Waals surface area contributed by atoms with Crippen LogP contribution in [0.2, 0.25) is 0 Å². The van der Waals surface area contributed by atoms with Gasteiger partial charge in [0, 0.05) is 25.6 Å². The molecule has 2 fully saturated rings. The number of methoxy groups -OCH3 is 1. The van der Waals surface area contributed by atoms with Gasteiger partial charge in [-0.2, -0.15) is 0 Å². The zero-order valence-corrected chi connectivity index (χ0v) is 11.3. The molecule has 0 N–H and O–H groups in total. The second-order valence-electron chi connectivity index (χ2n) is 5.31. The Hall–Kier alpha value is -0.280. The number of piperidine rings is 1. The van der Waals surface area contributed by atoms with Gasteiger partial charge in [-0.05, 0) is 38.5 Å². The van der Waals surface area contributed by atoms with Gasteiger partial charge in [-0.3, -0.25) is 4.79 Å². The van der Waals surface area contributed by atoms with E-state index in [-0.39, 0.29) is 17.6 Å². The Morgan fingerprint density at radius 2 is 2.18 bits per heavy atom. The van der Waals surface area contributed by atoms with Crippen LogP contribution in [0.4, 0.5) is 0 Å². The first-order chi connectivity index (χ1) is 8.21. The van der Waals surface area contributed by atoms with Crippen molar-refractivity contribution in [1.29, 1.82) is 0 Å². The number of likely N-dealkylation sites (tertiary alicyclic amines) is 1. The molecule has 4 heteroatoms. The predicted octanol–water partition coefficient (Wildman–Crippen LogP) is 2.57. The minimum absolute atomic E-state index is 0.161. The number of carbonyl (C=O) groups excluding carboxylic acids is 1. The van der Waals surface area contributed by atoms with Gasteiger partial charge in [0.1, 0.15) is 0 Å². The Kier molecular flexibility index (Phi) is 4.31. The average Bonchev–Trinajstić information content (AvgIpc) is 2.33. The maximum atomic E-state index is 12.3. The van der Waals surface area contributed by atoms with E-state index < -0.39 is 0 Å². The number of ether oxygens (including phenoxy) is 1. The summed E-state index contributed by atoms with van der Waals surface area (Å²) in [6.07, 6.45) is 7.12. The number of halogens is 1. The first kappa shape index (κ1) is 13.2. The molecule has 1 unspecified atom stereocenters. The van der Waals surface area contributed by atoms with Gasteiger partial charge in [0.2, 0.25) is 5.91 Å². The van der Waals surface area contributed by atoms with Crippen molar-refractivity contribution >= 4 is 17.5 Å². The van der Waals surface area contributed by atoms with Crippen LogP contribution in [0.3, 0.4) is 0 Å². The summed E-state index contributed by atoms with van der Waals surface area (Å²) in [6, 6.07) is 0.242. The van der Waals surface area contributed by atoms with Gasteiger partial charge in [-0.25, -0.2) is 0 Å². The van der Waals surface area contributed by atoms with Crippen molar-refractivity contribution in [2.24, 2.45) is 0 Å². The molecular formula is C13H22ClNO2. The molecule has 1 atom stereocenters. The van der Waals surface area contributed by atoms with E-state index in [0.717, 1.165) is 32.2 Å². The molecular weight excluding hydrogens is 238 g/mol. The van der Waals surface area contributed by atoms with Gasteiger partial charge in [0.05, 0.1) is 12.0 Å². The third-order valence-corrected chi connectivity index (χ3v) is 4.65. The van der Waals surface area contributed by atoms with Crippen LogP contribution in [-0.4, -0.2) is 42.0 Å². The lowest BCUT2D eigenvalue weighted by molar-refractivity contribution is -0.147. The minimum Gasteiger partial charge on any atom is -0.378 e. The van der Waals surface area contributed by atoms with Crippen molar-refractivity contribution in [3.63, 3.8) is 0 Å². The maximum absolute atomic E-state index is 12.3. The summed E-state index contributed by atoms with van der Waals surface area (Å²) in [5, 5.41) is 0. The molecule has 2 aliphatic rings. The molecule has 0 radical (unpaired) electrons. The summed E-state index contributed by atoms with van der Waals surface area (Å²) in [6.45, 7) is 0.871. The Bertz CT molecular complexity index is 273. The minimum atomic E-state index is -0.161. The molecule has 0 aromatic heterocycles. The first-order valence-electron chi connectivity index (χ1n) is 6.61. The first-order valence-corrected chi connectivity index (χ1v) is 7.15. The van der Waals surface area contributed by atoms with Crippen molar-refractivity contribution in [2.75, 3.05) is 19.5 Å². The monoisotopic (exact) mass is 259 g/mol. The molecule has 0 aromatic carbocycles. The van der Waals surface area contributed by atoms with Gasteiger partial charge < -0.3 is 9.64 Å². The second kappa shape index (κ2) is 5.57. The van der Waals surface area contributed by atoms with E-state index >= 15 is 0 Å². The predicted molar refractivity (Wildman–Crippen MR) is 68.3 cm³/mol. The SMILES string of the molecule is COC1(CC(=O)N2CCCCC2CCl)CCC1. The van der Waals surface area contributed by atoms with Gasteiger partial charge >= 0.3 is 0 Å². The fourth-order valence-corrected chi connectivity index (χ4v) is 3.21. The highest BCUT2D eigenvalue weighted by Gasteiger charge is 2.41. The lowest BCUT2D eigenvalue weighted by Gasteiger charge is -2.43. The number of hydrogen-bond acceptors (Lipinski definition) is 2. The molecule has 1 amide bonds. The van der Waals surface area contributed by atoms with Crippen molar-refractivity contribution in [3.05, 3.63) is 0 Å². The number of hydrogen-bond donors (Lipinski definition) is 0. The Morgan fingerprint density at radius 1 is 1.41 bits per heavy atom. The third kappa shape index (κ3) is 2.76. The van der Waals surface area contributed by atoms with E-state index in [1.54, 1.807) is 7.11 Å². The molecule has 3 nitrogen and oxygen atoms in total. The van der Waals surface area contributed by atoms with Crippen LogP contribution in [0.25, 0.3) is 0 Å². The maximum Gasteiger partial charge on any atom is 0.225 e. The summed E-state index contributed by atoms with van der Waals surface area (Å²) in [5.74, 6) is 0.794. The summed E-state index contributed by atoms with van der Waals surface area (Å²) in [4.78, 5) is 14.3. The zero-order valence-electron chi connectivity index (χ0n) is 10.6. The lowest BCUT2D eigenvalue weighted by Crippen LogP contribution is -2.50. The van der Waals surface area contributed by atoms with E-state index in [2.05, 4.69) is 0 Å². The van der Waals surface area contributed by atoms with Crippen molar-refractivity contribution in [3.8, 4) is 0 Å². The van der Waals surface area contributed by atoms with Gasteiger partial charge in [-0.1, -0.05) is 0 Å². The van der Waals surface area contributed by atoms with Crippen LogP contribution in [0.1, 0.15) is 44.9 Å². The van der Waals surface area contributed by atoms with Crippen LogP contribution in [-0.2, 0) is 9.53 Å². The second-order valence-corrected chi connectivity index (χ2v) is 5.62. The van der Waals surface area contributed by atoms with Crippen LogP contribution < -0.4 is 0 Å². The molecule has 2 rings (SSSR count). The Morgan fingerprint density at radius 3 is 2.71 bits per heavy atom. The number of carbonyl (C=O) groups is 1. The molecule has 98 valence electrons. The average molecular weight is 260 g/mol. The number of amides is 1. The molecule has 0 aromatic rings. The van der Waals surface area contributed by atoms with Crippen molar-refractivity contribution < 1.29 is 9.53 Å². The Labute approximate surface area is 108 Å². The number of nitrogens with zero attached hydrogens (tertiary/aromatic N) is 1. The molecule has 0 spiro atoms. The van der Waals surface area contributed by atoms with E-state index in [1.165, 1.54) is 12.8 Å². The number of alkyl halides is 1. The van der Waals surface area contributed by atoms with E-state index in [9.17, 15) is 4.79 Å². The fourth-order valence-electron chi connectivity index (χ4n) is 2.89. The topological polar surface area (TPSA) is 29.5 Å². The van der Waals surface area contributed by atoms with Crippen molar-refractivity contribution in [1.82, 2.24) is 4.90 Å². The largest absolute Gasteiger partial charge is 0.378 e. The summed E-state index contributed by atoms with van der Waals surface area (Å²) in [5.41, 5.74) is -0.161. The quantitative estimate of drug-likeness (QED) is 0.727. The van der Waals surface area contributed by atoms with Crippen molar-refractivity contribution in [2.45, 2.75) is 56.6 Å². The summed E-state index contributed by atoms with van der Waals surface area (Å²) >= 11 is 5.95. The van der Waals surface area contributed by atoms with Crippen LogP contribution in [0, 0.1) is 0 Å². The highest BCUT2D eigenvalue weighted by atomic mass is 35.5.